The van der Waals surface area contributed by atoms with Gasteiger partial charge in [-0.15, -0.1) is 0 Å². The van der Waals surface area contributed by atoms with Gasteiger partial charge in [-0.1, -0.05) is 12.1 Å². The van der Waals surface area contributed by atoms with E-state index >= 15 is 0 Å². The lowest BCUT2D eigenvalue weighted by molar-refractivity contribution is 0.0938. The number of nitrogens with one attached hydrogen (secondary N) is 2. The number of rotatable bonds is 5. The summed E-state index contributed by atoms with van der Waals surface area (Å²) in [7, 11) is 0. The van der Waals surface area contributed by atoms with Crippen molar-refractivity contribution in [1.29, 1.82) is 0 Å². The zero-order valence-electron chi connectivity index (χ0n) is 13.8. The van der Waals surface area contributed by atoms with Crippen molar-refractivity contribution in [2.24, 2.45) is 0 Å². The second-order valence-electron chi connectivity index (χ2n) is 5.82. The fraction of sp³-hybridized carbons (Fsp3) is 0.333. The van der Waals surface area contributed by atoms with Crippen LogP contribution < -0.4 is 15.6 Å². The zero-order valence-corrected chi connectivity index (χ0v) is 13.8. The van der Waals surface area contributed by atoms with E-state index in [0.29, 0.717) is 0 Å². The molecule has 1 heterocycles. The highest BCUT2D eigenvalue weighted by molar-refractivity contribution is 5.94. The lowest BCUT2D eigenvalue weighted by Gasteiger charge is -2.16. The minimum Gasteiger partial charge on any atom is -0.491 e. The number of aromatic amines is 1. The molecule has 0 bridgehead atoms. The van der Waals surface area contributed by atoms with Gasteiger partial charge in [0.05, 0.1) is 12.1 Å². The molecule has 0 aliphatic rings. The quantitative estimate of drug-likeness (QED) is 0.891. The molecule has 0 saturated heterocycles. The van der Waals surface area contributed by atoms with Crippen LogP contribution in [0.3, 0.4) is 0 Å². The molecule has 122 valence electrons. The largest absolute Gasteiger partial charge is 0.491 e. The summed E-state index contributed by atoms with van der Waals surface area (Å²) < 4.78 is 5.66. The van der Waals surface area contributed by atoms with E-state index in [4.69, 9.17) is 4.74 Å². The summed E-state index contributed by atoms with van der Waals surface area (Å²) in [6.07, 6.45) is 0.0845. The highest BCUT2D eigenvalue weighted by atomic mass is 16.5. The van der Waals surface area contributed by atoms with Crippen LogP contribution in [0.15, 0.2) is 41.2 Å². The van der Waals surface area contributed by atoms with Crippen LogP contribution in [0, 0.1) is 6.92 Å². The lowest BCUT2D eigenvalue weighted by Crippen LogP contribution is -2.31. The van der Waals surface area contributed by atoms with Crippen LogP contribution in [0.25, 0.3) is 0 Å². The Morgan fingerprint density at radius 2 is 1.91 bits per heavy atom. The summed E-state index contributed by atoms with van der Waals surface area (Å²) in [6.45, 7) is 7.56. The summed E-state index contributed by atoms with van der Waals surface area (Å²) in [5.41, 5.74) is 1.36. The molecule has 0 aliphatic carbocycles. The standard InChI is InChI=1S/C18H22N2O3/c1-11(2)23-15-7-5-6-14(10-15)13(4)20-18(22)16-9-8-12(3)19-17(16)21/h5-11,13H,1-4H3,(H,19,21)(H,20,22). The molecule has 1 atom stereocenters. The van der Waals surface area contributed by atoms with Gasteiger partial charge in [0.15, 0.2) is 0 Å². The van der Waals surface area contributed by atoms with Crippen LogP contribution in [-0.2, 0) is 0 Å². The van der Waals surface area contributed by atoms with Crippen LogP contribution in [0.1, 0.15) is 48.4 Å². The van der Waals surface area contributed by atoms with Gasteiger partial charge in [0.1, 0.15) is 11.3 Å². The first-order valence-corrected chi connectivity index (χ1v) is 7.64. The van der Waals surface area contributed by atoms with E-state index in [9.17, 15) is 9.59 Å². The molecule has 0 radical (unpaired) electrons. The van der Waals surface area contributed by atoms with Crippen LogP contribution in [-0.4, -0.2) is 17.0 Å². The van der Waals surface area contributed by atoms with E-state index in [2.05, 4.69) is 10.3 Å². The van der Waals surface area contributed by atoms with Gasteiger partial charge in [-0.25, -0.2) is 0 Å². The summed E-state index contributed by atoms with van der Waals surface area (Å²) in [5, 5.41) is 2.84. The lowest BCUT2D eigenvalue weighted by atomic mass is 10.1. The Morgan fingerprint density at radius 1 is 1.17 bits per heavy atom. The van der Waals surface area contributed by atoms with Crippen molar-refractivity contribution < 1.29 is 9.53 Å². The number of benzene rings is 1. The predicted octanol–water partition coefficient (Wildman–Crippen LogP) is 2.96. The van der Waals surface area contributed by atoms with Crippen molar-refractivity contribution in [2.75, 3.05) is 0 Å². The Morgan fingerprint density at radius 3 is 2.57 bits per heavy atom. The van der Waals surface area contributed by atoms with Gasteiger partial charge in [-0.2, -0.15) is 0 Å². The van der Waals surface area contributed by atoms with Gasteiger partial charge in [-0.05, 0) is 57.5 Å². The van der Waals surface area contributed by atoms with Crippen LogP contribution >= 0.6 is 0 Å². The molecule has 2 aromatic rings. The zero-order chi connectivity index (χ0) is 17.0. The number of aryl methyl sites for hydroxylation is 1. The van der Waals surface area contributed by atoms with Crippen molar-refractivity contribution in [1.82, 2.24) is 10.3 Å². The first kappa shape index (κ1) is 16.8. The minimum absolute atomic E-state index is 0.0845. The van der Waals surface area contributed by atoms with Crippen molar-refractivity contribution >= 4 is 5.91 Å². The molecule has 5 nitrogen and oxygen atoms in total. The molecule has 2 rings (SSSR count). The number of carbonyl (C=O) groups excluding carboxylic acids is 1. The number of hydrogen-bond acceptors (Lipinski definition) is 3. The van der Waals surface area contributed by atoms with E-state index < -0.39 is 5.91 Å². The number of hydrogen-bond donors (Lipinski definition) is 2. The average Bonchev–Trinajstić information content (AvgIpc) is 2.46. The topological polar surface area (TPSA) is 71.2 Å². The van der Waals surface area contributed by atoms with E-state index in [-0.39, 0.29) is 23.3 Å². The van der Waals surface area contributed by atoms with Crippen molar-refractivity contribution in [3.63, 3.8) is 0 Å². The first-order chi connectivity index (χ1) is 10.9. The SMILES string of the molecule is Cc1ccc(C(=O)NC(C)c2cccc(OC(C)C)c2)c(=O)[nH]1. The molecule has 0 saturated carbocycles. The summed E-state index contributed by atoms with van der Waals surface area (Å²) in [5.74, 6) is 0.362. The summed E-state index contributed by atoms with van der Waals surface area (Å²) in [4.78, 5) is 26.7. The van der Waals surface area contributed by atoms with E-state index in [1.54, 1.807) is 13.0 Å². The number of pyridine rings is 1. The normalized spacial score (nSPS) is 12.0. The van der Waals surface area contributed by atoms with Crippen LogP contribution in [0.4, 0.5) is 0 Å². The number of amides is 1. The molecule has 2 N–H and O–H groups in total. The summed E-state index contributed by atoms with van der Waals surface area (Å²) >= 11 is 0. The van der Waals surface area contributed by atoms with Crippen molar-refractivity contribution in [2.45, 2.75) is 39.8 Å². The van der Waals surface area contributed by atoms with E-state index in [1.807, 2.05) is 45.0 Å². The first-order valence-electron chi connectivity index (χ1n) is 7.64. The minimum atomic E-state index is -0.395. The molecule has 0 aliphatic heterocycles. The highest BCUT2D eigenvalue weighted by Gasteiger charge is 2.15. The molecule has 1 unspecified atom stereocenters. The fourth-order valence-electron chi connectivity index (χ4n) is 2.24. The van der Waals surface area contributed by atoms with Crippen LogP contribution in [0.2, 0.25) is 0 Å². The molecular formula is C18H22N2O3. The van der Waals surface area contributed by atoms with Gasteiger partial charge >= 0.3 is 0 Å². The highest BCUT2D eigenvalue weighted by Crippen LogP contribution is 2.20. The molecule has 0 spiro atoms. The molecular weight excluding hydrogens is 292 g/mol. The number of ether oxygens (including phenoxy) is 1. The van der Waals surface area contributed by atoms with Gasteiger partial charge < -0.3 is 15.0 Å². The number of H-pyrrole nitrogens is 1. The van der Waals surface area contributed by atoms with Gasteiger partial charge in [0.25, 0.3) is 11.5 Å². The maximum absolute atomic E-state index is 12.3. The third-order valence-electron chi connectivity index (χ3n) is 3.38. The second kappa shape index (κ2) is 7.13. The smallest absolute Gasteiger partial charge is 0.260 e. The monoisotopic (exact) mass is 314 g/mol. The number of aromatic nitrogens is 1. The van der Waals surface area contributed by atoms with Gasteiger partial charge in [0, 0.05) is 5.69 Å². The Bertz CT molecular complexity index is 750. The summed E-state index contributed by atoms with van der Waals surface area (Å²) in [6, 6.07) is 10.6. The van der Waals surface area contributed by atoms with Gasteiger partial charge in [-0.3, -0.25) is 9.59 Å². The molecule has 1 aromatic heterocycles. The van der Waals surface area contributed by atoms with Crippen molar-refractivity contribution in [3.8, 4) is 5.75 Å². The Labute approximate surface area is 135 Å². The number of carbonyl (C=O) groups is 1. The molecule has 1 aromatic carbocycles. The third kappa shape index (κ3) is 4.45. The van der Waals surface area contributed by atoms with E-state index in [0.717, 1.165) is 17.0 Å². The second-order valence-corrected chi connectivity index (χ2v) is 5.82. The fourth-order valence-corrected chi connectivity index (χ4v) is 2.24. The Kier molecular flexibility index (Phi) is 5.21. The maximum atomic E-state index is 12.3. The molecule has 0 fully saturated rings. The maximum Gasteiger partial charge on any atom is 0.260 e. The third-order valence-corrected chi connectivity index (χ3v) is 3.38. The Hall–Kier alpha value is -2.56. The molecule has 23 heavy (non-hydrogen) atoms. The molecule has 1 amide bonds. The van der Waals surface area contributed by atoms with Crippen LogP contribution in [0.5, 0.6) is 5.75 Å². The van der Waals surface area contributed by atoms with Gasteiger partial charge in [0.2, 0.25) is 0 Å². The average molecular weight is 314 g/mol. The predicted molar refractivity (Wildman–Crippen MR) is 89.9 cm³/mol. The Balaban J connectivity index is 2.13. The van der Waals surface area contributed by atoms with E-state index in [1.165, 1.54) is 6.07 Å². The molecule has 5 heteroatoms. The van der Waals surface area contributed by atoms with Crippen molar-refractivity contribution in [3.05, 3.63) is 63.6 Å².